The second kappa shape index (κ2) is 9.05. The van der Waals surface area contributed by atoms with Crippen LogP contribution in [-0.4, -0.2) is 28.9 Å². The van der Waals surface area contributed by atoms with Gasteiger partial charge in [0.2, 0.25) is 5.76 Å². The predicted octanol–water partition coefficient (Wildman–Crippen LogP) is 4.35. The van der Waals surface area contributed by atoms with Crippen molar-refractivity contribution in [2.45, 2.75) is 13.2 Å². The monoisotopic (exact) mass is 399 g/mol. The van der Waals surface area contributed by atoms with Crippen LogP contribution in [0.15, 0.2) is 65.5 Å². The fourth-order valence-electron chi connectivity index (χ4n) is 2.43. The lowest BCUT2D eigenvalue weighted by atomic mass is 10.2. The highest BCUT2D eigenvalue weighted by atomic mass is 35.5. The van der Waals surface area contributed by atoms with E-state index in [1.54, 1.807) is 43.4 Å². The number of oxazole rings is 1. The van der Waals surface area contributed by atoms with E-state index in [4.69, 9.17) is 20.8 Å². The lowest BCUT2D eigenvalue weighted by Gasteiger charge is -2.16. The molecule has 3 aromatic rings. The van der Waals surface area contributed by atoms with Crippen molar-refractivity contribution in [3.05, 3.63) is 83.0 Å². The highest BCUT2D eigenvalue weighted by Crippen LogP contribution is 2.14. The third kappa shape index (κ3) is 5.34. The van der Waals surface area contributed by atoms with Crippen LogP contribution in [0.25, 0.3) is 0 Å². The van der Waals surface area contributed by atoms with Crippen LogP contribution in [0.1, 0.15) is 21.7 Å². The number of hydrogen-bond acceptors (Lipinski definition) is 5. The topological polar surface area (TPSA) is 84.7 Å². The second-order valence-electron chi connectivity index (χ2n) is 6.05. The first-order valence-electron chi connectivity index (χ1n) is 8.42. The first kappa shape index (κ1) is 19.4. The molecule has 28 heavy (non-hydrogen) atoms. The molecule has 7 nitrogen and oxygen atoms in total. The number of carbonyl (C=O) groups excluding carboxylic acids is 2. The Morgan fingerprint density at radius 2 is 1.79 bits per heavy atom. The maximum atomic E-state index is 12.1. The molecule has 144 valence electrons. The number of ether oxygens (including phenoxy) is 1. The molecule has 2 aromatic carbocycles. The first-order valence-corrected chi connectivity index (χ1v) is 8.80. The molecule has 0 aliphatic carbocycles. The minimum absolute atomic E-state index is 0.148. The number of hydrogen-bond donors (Lipinski definition) is 1. The van der Waals surface area contributed by atoms with Crippen molar-refractivity contribution < 1.29 is 18.7 Å². The van der Waals surface area contributed by atoms with E-state index in [9.17, 15) is 9.59 Å². The minimum Gasteiger partial charge on any atom is -0.444 e. The van der Waals surface area contributed by atoms with Gasteiger partial charge in [0.1, 0.15) is 6.61 Å². The van der Waals surface area contributed by atoms with E-state index in [1.165, 1.54) is 17.5 Å². The molecule has 1 N–H and O–H groups in total. The summed E-state index contributed by atoms with van der Waals surface area (Å²) < 4.78 is 10.2. The zero-order valence-electron chi connectivity index (χ0n) is 15.1. The van der Waals surface area contributed by atoms with Gasteiger partial charge in [-0.2, -0.15) is 0 Å². The van der Waals surface area contributed by atoms with Gasteiger partial charge in [-0.15, -0.1) is 0 Å². The fourth-order valence-corrected chi connectivity index (χ4v) is 2.56. The molecule has 0 aliphatic heterocycles. The molecule has 1 heterocycles. The maximum Gasteiger partial charge on any atom is 0.411 e. The van der Waals surface area contributed by atoms with Gasteiger partial charge in [0, 0.05) is 24.3 Å². The Labute approximate surface area is 166 Å². The number of amides is 2. The van der Waals surface area contributed by atoms with Gasteiger partial charge in [-0.25, -0.2) is 9.78 Å². The van der Waals surface area contributed by atoms with Crippen molar-refractivity contribution >= 4 is 29.3 Å². The summed E-state index contributed by atoms with van der Waals surface area (Å²) in [6.45, 7) is 0.538. The van der Waals surface area contributed by atoms with E-state index in [1.807, 2.05) is 12.1 Å². The summed E-state index contributed by atoms with van der Waals surface area (Å²) in [5.41, 5.74) is 2.33. The van der Waals surface area contributed by atoms with E-state index >= 15 is 0 Å². The van der Waals surface area contributed by atoms with Crippen LogP contribution in [0.2, 0.25) is 5.02 Å². The van der Waals surface area contributed by atoms with Crippen LogP contribution in [0.5, 0.6) is 0 Å². The van der Waals surface area contributed by atoms with Gasteiger partial charge in [-0.3, -0.25) is 10.1 Å². The van der Waals surface area contributed by atoms with Crippen molar-refractivity contribution in [3.63, 3.8) is 0 Å². The zero-order valence-corrected chi connectivity index (χ0v) is 15.8. The Kier molecular flexibility index (Phi) is 6.29. The number of nitrogens with one attached hydrogen (secondary N) is 1. The molecular weight excluding hydrogens is 382 g/mol. The number of nitrogens with zero attached hydrogens (tertiary/aromatic N) is 2. The molecule has 0 aliphatic rings. The number of benzene rings is 2. The number of anilines is 1. The smallest absolute Gasteiger partial charge is 0.411 e. The third-order valence-corrected chi connectivity index (χ3v) is 4.15. The average Bonchev–Trinajstić information content (AvgIpc) is 3.23. The normalized spacial score (nSPS) is 10.4. The summed E-state index contributed by atoms with van der Waals surface area (Å²) in [5.74, 6) is -0.0744. The lowest BCUT2D eigenvalue weighted by molar-refractivity contribution is 0.0753. The van der Waals surface area contributed by atoms with Crippen LogP contribution in [0.4, 0.5) is 10.5 Å². The molecule has 0 fully saturated rings. The Morgan fingerprint density at radius 3 is 2.43 bits per heavy atom. The minimum atomic E-state index is -0.555. The van der Waals surface area contributed by atoms with Crippen molar-refractivity contribution in [1.82, 2.24) is 9.88 Å². The van der Waals surface area contributed by atoms with E-state index in [2.05, 4.69) is 10.3 Å². The summed E-state index contributed by atoms with van der Waals surface area (Å²) in [5, 5.41) is 3.28. The lowest BCUT2D eigenvalue weighted by Crippen LogP contribution is -2.25. The maximum absolute atomic E-state index is 12.1. The molecule has 3 rings (SSSR count). The fraction of sp³-hybridized carbons (Fsp3) is 0.150. The van der Waals surface area contributed by atoms with Gasteiger partial charge in [0.25, 0.3) is 5.91 Å². The highest BCUT2D eigenvalue weighted by molar-refractivity contribution is 6.30. The summed E-state index contributed by atoms with van der Waals surface area (Å²) in [4.78, 5) is 29.3. The highest BCUT2D eigenvalue weighted by Gasteiger charge is 2.15. The SMILES string of the molecule is CN(Cc1ccc(NC(=O)OCc2ccc(Cl)cc2)cc1)C(=O)c1cnco1. The van der Waals surface area contributed by atoms with Gasteiger partial charge in [-0.1, -0.05) is 35.9 Å². The molecule has 0 spiro atoms. The van der Waals surface area contributed by atoms with Crippen LogP contribution < -0.4 is 5.32 Å². The Bertz CT molecular complexity index is 925. The van der Waals surface area contributed by atoms with E-state index < -0.39 is 6.09 Å². The largest absolute Gasteiger partial charge is 0.444 e. The summed E-state index contributed by atoms with van der Waals surface area (Å²) >= 11 is 5.82. The van der Waals surface area contributed by atoms with Crippen molar-refractivity contribution in [3.8, 4) is 0 Å². The van der Waals surface area contributed by atoms with Crippen LogP contribution in [0.3, 0.4) is 0 Å². The molecule has 0 saturated heterocycles. The molecule has 0 atom stereocenters. The number of rotatable bonds is 6. The zero-order chi connectivity index (χ0) is 19.9. The van der Waals surface area contributed by atoms with Crippen LogP contribution in [0, 0.1) is 0 Å². The number of aromatic nitrogens is 1. The molecule has 0 unspecified atom stereocenters. The molecule has 1 aromatic heterocycles. The summed E-state index contributed by atoms with van der Waals surface area (Å²) in [6.07, 6.45) is 2.04. The predicted molar refractivity (Wildman–Crippen MR) is 104 cm³/mol. The Morgan fingerprint density at radius 1 is 1.11 bits per heavy atom. The molecule has 0 bridgehead atoms. The summed E-state index contributed by atoms with van der Waals surface area (Å²) in [7, 11) is 1.67. The molecular formula is C20H18ClN3O4. The van der Waals surface area contributed by atoms with E-state index in [0.29, 0.717) is 17.3 Å². The van der Waals surface area contributed by atoms with E-state index in [-0.39, 0.29) is 18.3 Å². The quantitative estimate of drug-likeness (QED) is 0.666. The van der Waals surface area contributed by atoms with Gasteiger partial charge in [0.05, 0.1) is 6.20 Å². The molecule has 0 saturated carbocycles. The van der Waals surface area contributed by atoms with Crippen molar-refractivity contribution in [2.75, 3.05) is 12.4 Å². The van der Waals surface area contributed by atoms with E-state index in [0.717, 1.165) is 11.1 Å². The number of halogens is 1. The van der Waals surface area contributed by atoms with Gasteiger partial charge in [0.15, 0.2) is 6.39 Å². The second-order valence-corrected chi connectivity index (χ2v) is 6.49. The van der Waals surface area contributed by atoms with Gasteiger partial charge in [-0.05, 0) is 35.4 Å². The molecule has 0 radical (unpaired) electrons. The first-order chi connectivity index (χ1) is 13.5. The molecule has 2 amide bonds. The van der Waals surface area contributed by atoms with Crippen LogP contribution in [-0.2, 0) is 17.9 Å². The van der Waals surface area contributed by atoms with Crippen molar-refractivity contribution in [2.24, 2.45) is 0 Å². The third-order valence-electron chi connectivity index (χ3n) is 3.89. The van der Waals surface area contributed by atoms with Crippen LogP contribution >= 0.6 is 11.6 Å². The summed E-state index contributed by atoms with van der Waals surface area (Å²) in [6, 6.07) is 14.2. The van der Waals surface area contributed by atoms with Crippen molar-refractivity contribution in [1.29, 1.82) is 0 Å². The Hall–Kier alpha value is -3.32. The Balaban J connectivity index is 1.49. The number of carbonyl (C=O) groups is 2. The van der Waals surface area contributed by atoms with Gasteiger partial charge < -0.3 is 14.1 Å². The average molecular weight is 400 g/mol. The molecule has 8 heteroatoms. The van der Waals surface area contributed by atoms with Gasteiger partial charge >= 0.3 is 6.09 Å². The standard InChI is InChI=1S/C20H18ClN3O4/c1-24(19(25)18-10-22-13-28-18)11-14-4-8-17(9-5-14)23-20(26)27-12-15-2-6-16(21)7-3-15/h2-10,13H,11-12H2,1H3,(H,23,26).